The number of hydrogen-bond donors (Lipinski definition) is 0. The molecule has 5 rings (SSSR count). The maximum Gasteiger partial charge on any atom is 0.266 e. The molecule has 2 fully saturated rings. The maximum absolute atomic E-state index is 13.2. The largest absolute Gasteiger partial charge is 0.486 e. The van der Waals surface area contributed by atoms with Crippen molar-refractivity contribution in [2.24, 2.45) is 4.99 Å². The number of likely N-dealkylation sites (N-methyl/N-ethyl adjacent to an activating group) is 1. The monoisotopic (exact) mass is 627 g/mol. The summed E-state index contributed by atoms with van der Waals surface area (Å²) < 4.78 is 19.7. The SMILES string of the molecule is CCN1C(=O)/C(=C/c2cc(Cl)c(OCc3ccc(F)cc3)c(Br)c2)SC1=Nc1ccc(N2CCCCC2)cc1. The minimum Gasteiger partial charge on any atom is -0.486 e. The number of amidine groups is 1. The molecule has 3 aromatic carbocycles. The minimum absolute atomic E-state index is 0.0879. The molecule has 0 spiro atoms. The number of carbonyl (C=O) groups is 1. The first kappa shape index (κ1) is 27.7. The first-order chi connectivity index (χ1) is 18.9. The number of amides is 1. The van der Waals surface area contributed by atoms with E-state index in [0.29, 0.717) is 31.9 Å². The number of anilines is 1. The zero-order valence-electron chi connectivity index (χ0n) is 21.5. The average Bonchev–Trinajstić information content (AvgIpc) is 3.23. The maximum atomic E-state index is 13.2. The average molecular weight is 629 g/mol. The number of halogens is 3. The zero-order chi connectivity index (χ0) is 27.4. The summed E-state index contributed by atoms with van der Waals surface area (Å²) >= 11 is 11.4. The van der Waals surface area contributed by atoms with Crippen LogP contribution in [-0.4, -0.2) is 35.6 Å². The Morgan fingerprint density at radius 2 is 1.79 bits per heavy atom. The fourth-order valence-corrected chi connectivity index (χ4v) is 6.61. The number of ether oxygens (including phenoxy) is 1. The lowest BCUT2D eigenvalue weighted by Gasteiger charge is -2.28. The predicted molar refractivity (Wildman–Crippen MR) is 162 cm³/mol. The summed E-state index contributed by atoms with van der Waals surface area (Å²) in [5.74, 6) is 0.101. The molecule has 3 aromatic rings. The van der Waals surface area contributed by atoms with Gasteiger partial charge in [0, 0.05) is 25.3 Å². The molecule has 0 aromatic heterocycles. The molecular weight excluding hydrogens is 601 g/mol. The summed E-state index contributed by atoms with van der Waals surface area (Å²) in [5, 5.41) is 1.06. The van der Waals surface area contributed by atoms with Crippen molar-refractivity contribution in [3.63, 3.8) is 0 Å². The van der Waals surface area contributed by atoms with Gasteiger partial charge < -0.3 is 9.64 Å². The van der Waals surface area contributed by atoms with E-state index < -0.39 is 0 Å². The van der Waals surface area contributed by atoms with E-state index >= 15 is 0 Å². The molecule has 2 aliphatic rings. The summed E-state index contributed by atoms with van der Waals surface area (Å²) in [6, 6.07) is 18.0. The number of thioether (sulfide) groups is 1. The Morgan fingerprint density at radius 3 is 2.46 bits per heavy atom. The second-order valence-electron chi connectivity index (χ2n) is 9.35. The quantitative estimate of drug-likeness (QED) is 0.246. The van der Waals surface area contributed by atoms with Gasteiger partial charge in [0.15, 0.2) is 10.9 Å². The topological polar surface area (TPSA) is 45.1 Å². The summed E-state index contributed by atoms with van der Waals surface area (Å²) in [7, 11) is 0. The van der Waals surface area contributed by atoms with Gasteiger partial charge >= 0.3 is 0 Å². The lowest BCUT2D eigenvalue weighted by atomic mass is 10.1. The third-order valence-corrected chi connectivity index (χ3v) is 8.49. The lowest BCUT2D eigenvalue weighted by Crippen LogP contribution is -2.29. The van der Waals surface area contributed by atoms with E-state index in [1.165, 1.54) is 48.8 Å². The molecule has 1 amide bonds. The second-order valence-corrected chi connectivity index (χ2v) is 11.6. The van der Waals surface area contributed by atoms with E-state index in [0.717, 1.165) is 29.9 Å². The fraction of sp³-hybridized carbons (Fsp3) is 0.267. The Bertz CT molecular complexity index is 1380. The van der Waals surface area contributed by atoms with Crippen LogP contribution in [0.5, 0.6) is 5.75 Å². The first-order valence-corrected chi connectivity index (χ1v) is 14.9. The second kappa shape index (κ2) is 12.6. The van der Waals surface area contributed by atoms with Gasteiger partial charge in [0.2, 0.25) is 0 Å². The smallest absolute Gasteiger partial charge is 0.266 e. The zero-order valence-corrected chi connectivity index (χ0v) is 24.7. The number of benzene rings is 3. The van der Waals surface area contributed by atoms with Crippen LogP contribution < -0.4 is 9.64 Å². The molecule has 0 bridgehead atoms. The fourth-order valence-electron chi connectivity index (χ4n) is 4.56. The molecule has 0 N–H and O–H groups in total. The number of rotatable bonds is 7. The van der Waals surface area contributed by atoms with Gasteiger partial charge in [-0.25, -0.2) is 9.38 Å². The van der Waals surface area contributed by atoms with Crippen molar-refractivity contribution < 1.29 is 13.9 Å². The van der Waals surface area contributed by atoms with Gasteiger partial charge in [0.05, 0.1) is 20.1 Å². The van der Waals surface area contributed by atoms with E-state index in [-0.39, 0.29) is 18.3 Å². The highest BCUT2D eigenvalue weighted by Gasteiger charge is 2.32. The number of piperidine rings is 1. The highest BCUT2D eigenvalue weighted by atomic mass is 79.9. The highest BCUT2D eigenvalue weighted by molar-refractivity contribution is 9.10. The van der Waals surface area contributed by atoms with Gasteiger partial charge in [-0.05, 0) is 120 Å². The van der Waals surface area contributed by atoms with Crippen LogP contribution in [0.1, 0.15) is 37.3 Å². The lowest BCUT2D eigenvalue weighted by molar-refractivity contribution is -0.122. The third-order valence-electron chi connectivity index (χ3n) is 6.61. The Kier molecular flexibility index (Phi) is 8.95. The molecule has 0 aliphatic carbocycles. The number of aliphatic imine (C=N–C) groups is 1. The molecule has 202 valence electrons. The molecule has 2 heterocycles. The summed E-state index contributed by atoms with van der Waals surface area (Å²) in [4.78, 5) is 22.6. The summed E-state index contributed by atoms with van der Waals surface area (Å²) in [5.41, 5.74) is 3.62. The van der Waals surface area contributed by atoms with E-state index in [2.05, 4.69) is 33.0 Å². The highest BCUT2D eigenvalue weighted by Crippen LogP contribution is 2.38. The van der Waals surface area contributed by atoms with Crippen LogP contribution in [-0.2, 0) is 11.4 Å². The van der Waals surface area contributed by atoms with E-state index in [1.54, 1.807) is 23.1 Å². The molecule has 0 radical (unpaired) electrons. The molecule has 9 heteroatoms. The van der Waals surface area contributed by atoms with Crippen LogP contribution in [0.3, 0.4) is 0 Å². The van der Waals surface area contributed by atoms with Crippen molar-refractivity contribution in [2.75, 3.05) is 24.5 Å². The number of hydrogen-bond acceptors (Lipinski definition) is 5. The molecule has 0 atom stereocenters. The Morgan fingerprint density at radius 1 is 1.08 bits per heavy atom. The van der Waals surface area contributed by atoms with Crippen molar-refractivity contribution in [3.8, 4) is 5.75 Å². The van der Waals surface area contributed by atoms with Gasteiger partial charge in [-0.1, -0.05) is 23.7 Å². The summed E-state index contributed by atoms with van der Waals surface area (Å²) in [6.45, 7) is 4.90. The molecular formula is C30H28BrClFN3O2S. The number of nitrogens with zero attached hydrogens (tertiary/aromatic N) is 3. The Hall–Kier alpha value is -2.81. The van der Waals surface area contributed by atoms with Crippen LogP contribution in [0.25, 0.3) is 6.08 Å². The van der Waals surface area contributed by atoms with E-state index in [9.17, 15) is 9.18 Å². The molecule has 5 nitrogen and oxygen atoms in total. The van der Waals surface area contributed by atoms with Gasteiger partial charge in [-0.15, -0.1) is 0 Å². The first-order valence-electron chi connectivity index (χ1n) is 12.9. The molecule has 39 heavy (non-hydrogen) atoms. The molecule has 0 unspecified atom stereocenters. The van der Waals surface area contributed by atoms with E-state index in [1.807, 2.05) is 31.2 Å². The molecule has 2 saturated heterocycles. The van der Waals surface area contributed by atoms with Crippen LogP contribution in [0.4, 0.5) is 15.8 Å². The Labute approximate surface area is 245 Å². The van der Waals surface area contributed by atoms with E-state index in [4.69, 9.17) is 21.3 Å². The Balaban J connectivity index is 1.31. The van der Waals surface area contributed by atoms with Crippen LogP contribution in [0, 0.1) is 5.82 Å². The molecule has 2 aliphatic heterocycles. The van der Waals surface area contributed by atoms with Crippen LogP contribution >= 0.6 is 39.3 Å². The van der Waals surface area contributed by atoms with Gasteiger partial charge in [0.1, 0.15) is 12.4 Å². The van der Waals surface area contributed by atoms with Crippen LogP contribution in [0.2, 0.25) is 5.02 Å². The van der Waals surface area contributed by atoms with Crippen molar-refractivity contribution >= 4 is 67.8 Å². The van der Waals surface area contributed by atoms with Crippen molar-refractivity contribution in [1.82, 2.24) is 4.90 Å². The van der Waals surface area contributed by atoms with Crippen molar-refractivity contribution in [1.29, 1.82) is 0 Å². The number of carbonyl (C=O) groups excluding carboxylic acids is 1. The van der Waals surface area contributed by atoms with Crippen molar-refractivity contribution in [3.05, 3.63) is 92.0 Å². The van der Waals surface area contributed by atoms with Crippen molar-refractivity contribution in [2.45, 2.75) is 32.8 Å². The van der Waals surface area contributed by atoms with Gasteiger partial charge in [-0.3, -0.25) is 9.69 Å². The predicted octanol–water partition coefficient (Wildman–Crippen LogP) is 8.43. The standard InChI is InChI=1S/C30H28BrClFN3O2S/c1-2-36-29(37)27(39-30(36)34-23-10-12-24(13-11-23)35-14-4-3-5-15-35)18-21-16-25(31)28(26(32)17-21)38-19-20-6-8-22(33)9-7-20/h6-13,16-18H,2-5,14-15,19H2,1H3/b27-18-,34-30?. The third kappa shape index (κ3) is 6.68. The van der Waals surface area contributed by atoms with Crippen LogP contribution in [0.15, 0.2) is 75.0 Å². The minimum atomic E-state index is -0.296. The van der Waals surface area contributed by atoms with Gasteiger partial charge in [-0.2, -0.15) is 0 Å². The molecule has 0 saturated carbocycles. The summed E-state index contributed by atoms with van der Waals surface area (Å²) in [6.07, 6.45) is 5.58. The normalized spacial score (nSPS) is 17.9. The van der Waals surface area contributed by atoms with Gasteiger partial charge in [0.25, 0.3) is 5.91 Å².